The van der Waals surface area contributed by atoms with E-state index < -0.39 is 0 Å². The smallest absolute Gasteiger partial charge is 0.293 e. The van der Waals surface area contributed by atoms with Crippen LogP contribution >= 0.6 is 0 Å². The molecule has 0 spiro atoms. The van der Waals surface area contributed by atoms with Crippen LogP contribution in [0.25, 0.3) is 0 Å². The van der Waals surface area contributed by atoms with Crippen molar-refractivity contribution in [3.05, 3.63) is 0 Å². The Morgan fingerprint density at radius 3 is 2.25 bits per heavy atom. The van der Waals surface area contributed by atoms with Crippen molar-refractivity contribution in [3.8, 4) is 0 Å². The van der Waals surface area contributed by atoms with Crippen LogP contribution in [-0.4, -0.2) is 25.3 Å². The predicted molar refractivity (Wildman–Crippen MR) is 44.8 cm³/mol. The standard InChI is InChI=1S/C6H10O.C3H6O2/c1-2-4-6-5(3-1)7-6;1-2-5-3-4/h5-6H,1-4H2;3H,2H2,1H3. The lowest BCUT2D eigenvalue weighted by atomic mass is 10.0. The summed E-state index contributed by atoms with van der Waals surface area (Å²) in [6.07, 6.45) is 6.89. The molecule has 1 saturated carbocycles. The molecular formula is C9H16O3. The second-order valence-electron chi connectivity index (χ2n) is 3.05. The molecule has 3 nitrogen and oxygen atoms in total. The fourth-order valence-corrected chi connectivity index (χ4v) is 1.45. The largest absolute Gasteiger partial charge is 0.468 e. The van der Waals surface area contributed by atoms with Crippen molar-refractivity contribution in [2.24, 2.45) is 0 Å². The molecule has 0 aromatic rings. The first-order chi connectivity index (χ1) is 5.88. The Kier molecular flexibility index (Phi) is 4.08. The summed E-state index contributed by atoms with van der Waals surface area (Å²) < 4.78 is 9.43. The summed E-state index contributed by atoms with van der Waals surface area (Å²) >= 11 is 0. The van der Waals surface area contributed by atoms with Gasteiger partial charge in [0.15, 0.2) is 0 Å². The van der Waals surface area contributed by atoms with Gasteiger partial charge < -0.3 is 9.47 Å². The molecule has 0 bridgehead atoms. The lowest BCUT2D eigenvalue weighted by molar-refractivity contribution is -0.128. The molecule has 1 aliphatic carbocycles. The van der Waals surface area contributed by atoms with E-state index in [-0.39, 0.29) is 0 Å². The quantitative estimate of drug-likeness (QED) is 0.468. The second kappa shape index (κ2) is 5.14. The average Bonchev–Trinajstić information content (AvgIpc) is 2.85. The van der Waals surface area contributed by atoms with Gasteiger partial charge in [-0.3, -0.25) is 4.79 Å². The molecule has 3 heteroatoms. The molecule has 0 aromatic carbocycles. The van der Waals surface area contributed by atoms with Crippen molar-refractivity contribution in [1.29, 1.82) is 0 Å². The highest BCUT2D eigenvalue weighted by atomic mass is 16.6. The van der Waals surface area contributed by atoms with Gasteiger partial charge in [-0.1, -0.05) is 12.8 Å². The molecule has 2 rings (SSSR count). The number of fused-ring (bicyclic) bond motifs is 1. The molecule has 2 atom stereocenters. The second-order valence-corrected chi connectivity index (χ2v) is 3.05. The minimum atomic E-state index is 0.431. The minimum Gasteiger partial charge on any atom is -0.468 e. The van der Waals surface area contributed by atoms with Crippen molar-refractivity contribution in [3.63, 3.8) is 0 Å². The zero-order valence-corrected chi connectivity index (χ0v) is 7.49. The van der Waals surface area contributed by atoms with E-state index in [2.05, 4.69) is 4.74 Å². The van der Waals surface area contributed by atoms with Crippen molar-refractivity contribution in [2.75, 3.05) is 6.61 Å². The minimum absolute atomic E-state index is 0.431. The third-order valence-electron chi connectivity index (χ3n) is 2.15. The first-order valence-electron chi connectivity index (χ1n) is 4.59. The third kappa shape index (κ3) is 3.22. The molecule has 0 N–H and O–H groups in total. The van der Waals surface area contributed by atoms with Crippen molar-refractivity contribution in [1.82, 2.24) is 0 Å². The summed E-state index contributed by atoms with van der Waals surface area (Å²) in [4.78, 5) is 9.18. The van der Waals surface area contributed by atoms with Crippen LogP contribution in [0.5, 0.6) is 0 Å². The van der Waals surface area contributed by atoms with E-state index in [4.69, 9.17) is 4.74 Å². The van der Waals surface area contributed by atoms with Crippen LogP contribution in [0, 0.1) is 0 Å². The van der Waals surface area contributed by atoms with Gasteiger partial charge in [-0.15, -0.1) is 0 Å². The summed E-state index contributed by atoms with van der Waals surface area (Å²) in [5.74, 6) is 0. The van der Waals surface area contributed by atoms with Gasteiger partial charge in [0.2, 0.25) is 0 Å². The number of carbonyl (C=O) groups excluding carboxylic acids is 1. The number of hydrogen-bond acceptors (Lipinski definition) is 3. The highest BCUT2D eigenvalue weighted by molar-refractivity contribution is 5.36. The Hall–Kier alpha value is -0.570. The van der Waals surface area contributed by atoms with Crippen LogP contribution in [0.1, 0.15) is 32.6 Å². The van der Waals surface area contributed by atoms with Crippen molar-refractivity contribution >= 4 is 6.47 Å². The molecule has 2 unspecified atom stereocenters. The normalized spacial score (nSPS) is 30.8. The molecule has 1 heterocycles. The summed E-state index contributed by atoms with van der Waals surface area (Å²) in [6, 6.07) is 0. The molecule has 1 aliphatic heterocycles. The Morgan fingerprint density at radius 2 is 2.00 bits per heavy atom. The van der Waals surface area contributed by atoms with Crippen LogP contribution in [-0.2, 0) is 14.3 Å². The maximum atomic E-state index is 9.18. The zero-order chi connectivity index (χ0) is 8.81. The summed E-state index contributed by atoms with van der Waals surface area (Å²) in [5.41, 5.74) is 0. The van der Waals surface area contributed by atoms with Crippen LogP contribution in [0.15, 0.2) is 0 Å². The van der Waals surface area contributed by atoms with Gasteiger partial charge >= 0.3 is 0 Å². The van der Waals surface area contributed by atoms with Gasteiger partial charge in [-0.25, -0.2) is 0 Å². The Bertz CT molecular complexity index is 126. The first kappa shape index (κ1) is 9.52. The van der Waals surface area contributed by atoms with Crippen LogP contribution in [0.4, 0.5) is 0 Å². The third-order valence-corrected chi connectivity index (χ3v) is 2.15. The van der Waals surface area contributed by atoms with Gasteiger partial charge in [0.1, 0.15) is 0 Å². The summed E-state index contributed by atoms with van der Waals surface area (Å²) in [6.45, 7) is 2.66. The molecular weight excluding hydrogens is 156 g/mol. The number of ether oxygens (including phenoxy) is 2. The molecule has 2 aliphatic rings. The maximum Gasteiger partial charge on any atom is 0.293 e. The van der Waals surface area contributed by atoms with Gasteiger partial charge in [0.05, 0.1) is 18.8 Å². The zero-order valence-electron chi connectivity index (χ0n) is 7.49. The molecule has 0 radical (unpaired) electrons. The SMILES string of the molecule is C1CCC2OC2C1.CCOC=O. The topological polar surface area (TPSA) is 38.8 Å². The van der Waals surface area contributed by atoms with Gasteiger partial charge in [0.25, 0.3) is 6.47 Å². The Labute approximate surface area is 73.0 Å². The number of rotatable bonds is 2. The first-order valence-corrected chi connectivity index (χ1v) is 4.59. The van der Waals surface area contributed by atoms with Crippen molar-refractivity contribution < 1.29 is 14.3 Å². The summed E-state index contributed by atoms with van der Waals surface area (Å²) in [5, 5.41) is 0. The molecule has 0 amide bonds. The van der Waals surface area contributed by atoms with E-state index in [1.54, 1.807) is 6.92 Å². The Morgan fingerprint density at radius 1 is 1.42 bits per heavy atom. The molecule has 1 saturated heterocycles. The van der Waals surface area contributed by atoms with E-state index in [0.29, 0.717) is 25.3 Å². The number of carbonyl (C=O) groups is 1. The molecule has 2 fully saturated rings. The van der Waals surface area contributed by atoms with E-state index in [1.807, 2.05) is 0 Å². The van der Waals surface area contributed by atoms with Crippen LogP contribution < -0.4 is 0 Å². The van der Waals surface area contributed by atoms with Gasteiger partial charge in [-0.05, 0) is 19.8 Å². The fraction of sp³-hybridized carbons (Fsp3) is 0.889. The average molecular weight is 172 g/mol. The highest BCUT2D eigenvalue weighted by Gasteiger charge is 2.39. The van der Waals surface area contributed by atoms with E-state index in [9.17, 15) is 4.79 Å². The highest BCUT2D eigenvalue weighted by Crippen LogP contribution is 2.35. The monoisotopic (exact) mass is 172 g/mol. The number of hydrogen-bond donors (Lipinski definition) is 0. The maximum absolute atomic E-state index is 9.18. The van der Waals surface area contributed by atoms with Crippen molar-refractivity contribution in [2.45, 2.75) is 44.8 Å². The lowest BCUT2D eigenvalue weighted by Gasteiger charge is -2.00. The van der Waals surface area contributed by atoms with Crippen LogP contribution in [0.3, 0.4) is 0 Å². The van der Waals surface area contributed by atoms with Crippen LogP contribution in [0.2, 0.25) is 0 Å². The number of epoxide rings is 1. The fourth-order valence-electron chi connectivity index (χ4n) is 1.45. The van der Waals surface area contributed by atoms with Gasteiger partial charge in [0, 0.05) is 0 Å². The lowest BCUT2D eigenvalue weighted by Crippen LogP contribution is -2.00. The predicted octanol–water partition coefficient (Wildman–Crippen LogP) is 1.51. The van der Waals surface area contributed by atoms with E-state index in [1.165, 1.54) is 25.7 Å². The summed E-state index contributed by atoms with van der Waals surface area (Å²) in [7, 11) is 0. The van der Waals surface area contributed by atoms with E-state index >= 15 is 0 Å². The van der Waals surface area contributed by atoms with Gasteiger partial charge in [-0.2, -0.15) is 0 Å². The molecule has 70 valence electrons. The molecule has 12 heavy (non-hydrogen) atoms. The Balaban J connectivity index is 0.000000130. The van der Waals surface area contributed by atoms with E-state index in [0.717, 1.165) is 0 Å². The molecule has 0 aromatic heterocycles.